The number of hydrogen-bond acceptors (Lipinski definition) is 6. The van der Waals surface area contributed by atoms with Gasteiger partial charge in [-0.3, -0.25) is 9.59 Å². The van der Waals surface area contributed by atoms with E-state index in [0.29, 0.717) is 30.6 Å². The molecule has 0 aliphatic carbocycles. The third kappa shape index (κ3) is 9.30. The molecule has 0 amide bonds. The van der Waals surface area contributed by atoms with Gasteiger partial charge in [0.1, 0.15) is 19.0 Å². The van der Waals surface area contributed by atoms with Gasteiger partial charge >= 0.3 is 17.9 Å². The van der Waals surface area contributed by atoms with Gasteiger partial charge in [-0.2, -0.15) is 0 Å². The molecule has 0 fully saturated rings. The van der Waals surface area contributed by atoms with E-state index in [2.05, 4.69) is 6.58 Å². The van der Waals surface area contributed by atoms with E-state index in [-0.39, 0.29) is 38.0 Å². The largest absolute Gasteiger partial charge is 0.462 e. The summed E-state index contributed by atoms with van der Waals surface area (Å²) < 4.78 is 15.2. The van der Waals surface area contributed by atoms with Crippen molar-refractivity contribution in [1.29, 1.82) is 0 Å². The number of unbranched alkanes of at least 4 members (excludes halogenated alkanes) is 2. The van der Waals surface area contributed by atoms with Gasteiger partial charge in [-0.05, 0) is 43.0 Å². The van der Waals surface area contributed by atoms with Crippen molar-refractivity contribution in [1.82, 2.24) is 0 Å². The Labute approximate surface area is 182 Å². The topological polar surface area (TPSA) is 78.9 Å². The van der Waals surface area contributed by atoms with Gasteiger partial charge in [-0.1, -0.05) is 55.5 Å². The Morgan fingerprint density at radius 2 is 1.32 bits per heavy atom. The molecule has 0 aliphatic rings. The molecular formula is C25H28O6. The Kier molecular flexibility index (Phi) is 10.0. The van der Waals surface area contributed by atoms with Crippen LogP contribution < -0.4 is 4.74 Å². The minimum atomic E-state index is -0.505. The second-order valence-electron chi connectivity index (χ2n) is 7.06. The Bertz CT molecular complexity index is 871. The van der Waals surface area contributed by atoms with Gasteiger partial charge in [0, 0.05) is 18.4 Å². The number of carbonyl (C=O) groups excluding carboxylic acids is 3. The molecule has 0 spiro atoms. The van der Waals surface area contributed by atoms with E-state index in [1.807, 2.05) is 42.5 Å². The maximum Gasteiger partial charge on any atom is 0.333 e. The smallest absolute Gasteiger partial charge is 0.333 e. The quantitative estimate of drug-likeness (QED) is 0.209. The second kappa shape index (κ2) is 13.0. The van der Waals surface area contributed by atoms with Gasteiger partial charge in [-0.25, -0.2) is 4.79 Å². The highest BCUT2D eigenvalue weighted by Crippen LogP contribution is 2.22. The molecule has 0 radical (unpaired) electrons. The second-order valence-corrected chi connectivity index (χ2v) is 7.06. The summed E-state index contributed by atoms with van der Waals surface area (Å²) in [4.78, 5) is 34.8. The van der Waals surface area contributed by atoms with Crippen LogP contribution >= 0.6 is 0 Å². The van der Waals surface area contributed by atoms with E-state index in [1.54, 1.807) is 19.1 Å². The molecule has 0 atom stereocenters. The van der Waals surface area contributed by atoms with Crippen LogP contribution in [-0.2, 0) is 23.9 Å². The Morgan fingerprint density at radius 3 is 1.97 bits per heavy atom. The van der Waals surface area contributed by atoms with Crippen molar-refractivity contribution in [2.45, 2.75) is 39.0 Å². The molecule has 31 heavy (non-hydrogen) atoms. The number of rotatable bonds is 12. The van der Waals surface area contributed by atoms with Crippen LogP contribution in [0, 0.1) is 0 Å². The summed E-state index contributed by atoms with van der Waals surface area (Å²) in [5.74, 6) is -0.641. The van der Waals surface area contributed by atoms with Crippen molar-refractivity contribution in [2.75, 3.05) is 13.2 Å². The summed E-state index contributed by atoms with van der Waals surface area (Å²) in [5.41, 5.74) is 2.46. The highest BCUT2D eigenvalue weighted by Gasteiger charge is 2.08. The predicted octanol–water partition coefficient (Wildman–Crippen LogP) is 4.87. The van der Waals surface area contributed by atoms with Gasteiger partial charge in [-0.15, -0.1) is 0 Å². The van der Waals surface area contributed by atoms with E-state index in [0.717, 1.165) is 11.1 Å². The molecule has 0 heterocycles. The first kappa shape index (κ1) is 23.9. The maximum absolute atomic E-state index is 12.0. The molecule has 2 aromatic carbocycles. The summed E-state index contributed by atoms with van der Waals surface area (Å²) in [6.45, 7) is 5.04. The van der Waals surface area contributed by atoms with Crippen LogP contribution in [0.25, 0.3) is 11.1 Å². The molecule has 2 aromatic rings. The molecule has 0 unspecified atom stereocenters. The summed E-state index contributed by atoms with van der Waals surface area (Å²) in [7, 11) is 0. The van der Waals surface area contributed by atoms with E-state index in [4.69, 9.17) is 14.2 Å². The normalized spacial score (nSPS) is 10.2. The third-order valence-corrected chi connectivity index (χ3v) is 4.38. The summed E-state index contributed by atoms with van der Waals surface area (Å²) in [6, 6.07) is 17.4. The average molecular weight is 424 g/mol. The molecule has 0 saturated heterocycles. The third-order valence-electron chi connectivity index (χ3n) is 4.38. The number of esters is 3. The zero-order valence-corrected chi connectivity index (χ0v) is 17.8. The minimum Gasteiger partial charge on any atom is -0.462 e. The molecule has 2 rings (SSSR count). The van der Waals surface area contributed by atoms with Gasteiger partial charge in [0.2, 0.25) is 0 Å². The van der Waals surface area contributed by atoms with Gasteiger partial charge < -0.3 is 14.2 Å². The summed E-state index contributed by atoms with van der Waals surface area (Å²) >= 11 is 0. The van der Waals surface area contributed by atoms with Crippen molar-refractivity contribution in [2.24, 2.45) is 0 Å². The first-order valence-electron chi connectivity index (χ1n) is 10.3. The standard InChI is InChI=1S/C25H28O6/c1-19(2)25(28)30-18-17-29-23(26)11-7-4-8-12-24(27)31-22-15-13-21(14-16-22)20-9-5-3-6-10-20/h3,5-6,9-10,13-16H,1,4,7-8,11-12,17-18H2,2H3. The van der Waals surface area contributed by atoms with Crippen molar-refractivity contribution < 1.29 is 28.6 Å². The fourth-order valence-electron chi connectivity index (χ4n) is 2.73. The fourth-order valence-corrected chi connectivity index (χ4v) is 2.73. The molecule has 0 aromatic heterocycles. The van der Waals surface area contributed by atoms with Crippen LogP contribution in [0.15, 0.2) is 66.7 Å². The Morgan fingerprint density at radius 1 is 0.742 bits per heavy atom. The predicted molar refractivity (Wildman–Crippen MR) is 117 cm³/mol. The van der Waals surface area contributed by atoms with Gasteiger partial charge in [0.25, 0.3) is 0 Å². The lowest BCUT2D eigenvalue weighted by atomic mass is 10.1. The van der Waals surface area contributed by atoms with E-state index >= 15 is 0 Å². The van der Waals surface area contributed by atoms with E-state index < -0.39 is 5.97 Å². The molecule has 6 nitrogen and oxygen atoms in total. The van der Waals surface area contributed by atoms with Gasteiger partial charge in [0.15, 0.2) is 0 Å². The fraction of sp³-hybridized carbons (Fsp3) is 0.320. The molecule has 0 saturated carbocycles. The lowest BCUT2D eigenvalue weighted by Gasteiger charge is -2.07. The lowest BCUT2D eigenvalue weighted by Crippen LogP contribution is -2.14. The van der Waals surface area contributed by atoms with Crippen molar-refractivity contribution >= 4 is 17.9 Å². The van der Waals surface area contributed by atoms with Crippen molar-refractivity contribution in [3.8, 4) is 16.9 Å². The van der Waals surface area contributed by atoms with Crippen LogP contribution in [0.5, 0.6) is 5.75 Å². The number of carbonyl (C=O) groups is 3. The van der Waals surface area contributed by atoms with Crippen LogP contribution in [-0.4, -0.2) is 31.1 Å². The highest BCUT2D eigenvalue weighted by molar-refractivity contribution is 5.86. The number of ether oxygens (including phenoxy) is 3. The molecule has 0 N–H and O–H groups in total. The van der Waals surface area contributed by atoms with E-state index in [9.17, 15) is 14.4 Å². The lowest BCUT2D eigenvalue weighted by molar-refractivity contribution is -0.150. The first-order chi connectivity index (χ1) is 15.0. The van der Waals surface area contributed by atoms with Crippen LogP contribution in [0.1, 0.15) is 39.0 Å². The van der Waals surface area contributed by atoms with Crippen LogP contribution in [0.3, 0.4) is 0 Å². The molecule has 164 valence electrons. The molecule has 0 bridgehead atoms. The summed E-state index contributed by atoms with van der Waals surface area (Å²) in [5, 5.41) is 0. The number of hydrogen-bond donors (Lipinski definition) is 0. The van der Waals surface area contributed by atoms with Crippen molar-refractivity contribution in [3.05, 3.63) is 66.7 Å². The first-order valence-corrected chi connectivity index (χ1v) is 10.3. The van der Waals surface area contributed by atoms with E-state index in [1.165, 1.54) is 0 Å². The summed E-state index contributed by atoms with van der Waals surface area (Å²) in [6.07, 6.45) is 2.49. The highest BCUT2D eigenvalue weighted by atomic mass is 16.6. The zero-order valence-electron chi connectivity index (χ0n) is 17.8. The monoisotopic (exact) mass is 424 g/mol. The average Bonchev–Trinajstić information content (AvgIpc) is 2.77. The zero-order chi connectivity index (χ0) is 22.5. The molecule has 6 heteroatoms. The Balaban J connectivity index is 1.55. The van der Waals surface area contributed by atoms with Crippen LogP contribution in [0.4, 0.5) is 0 Å². The molecule has 0 aliphatic heterocycles. The number of benzene rings is 2. The molecular weight excluding hydrogens is 396 g/mol. The Hall–Kier alpha value is -3.41. The minimum absolute atomic E-state index is 0.00953. The van der Waals surface area contributed by atoms with Crippen molar-refractivity contribution in [3.63, 3.8) is 0 Å². The van der Waals surface area contributed by atoms with Crippen LogP contribution in [0.2, 0.25) is 0 Å². The SMILES string of the molecule is C=C(C)C(=O)OCCOC(=O)CCCCCC(=O)Oc1ccc(-c2ccccc2)cc1. The maximum atomic E-state index is 12.0. The van der Waals surface area contributed by atoms with Gasteiger partial charge in [0.05, 0.1) is 0 Å².